The third-order valence-corrected chi connectivity index (χ3v) is 3.74. The Bertz CT molecular complexity index is 457. The van der Waals surface area contributed by atoms with E-state index in [0.29, 0.717) is 11.6 Å². The summed E-state index contributed by atoms with van der Waals surface area (Å²) in [5, 5.41) is 2.71. The molecule has 2 amide bonds. The molecule has 0 unspecified atom stereocenters. The fourth-order valence-electron chi connectivity index (χ4n) is 2.51. The van der Waals surface area contributed by atoms with Crippen LogP contribution in [0.1, 0.15) is 26.2 Å². The molecule has 6 heteroatoms. The van der Waals surface area contributed by atoms with Crippen molar-refractivity contribution in [1.82, 2.24) is 10.2 Å². The van der Waals surface area contributed by atoms with Crippen LogP contribution in [0, 0.1) is 5.92 Å². The molecule has 0 bridgehead atoms. The van der Waals surface area contributed by atoms with Gasteiger partial charge in [-0.1, -0.05) is 12.2 Å². The lowest BCUT2D eigenvalue weighted by atomic mass is 9.86. The zero-order chi connectivity index (χ0) is 14.0. The van der Waals surface area contributed by atoms with Crippen LogP contribution in [-0.4, -0.2) is 36.3 Å². The maximum Gasteiger partial charge on any atom is 0.270 e. The number of hydrogen-bond donors (Lipinski definition) is 2. The first-order valence-corrected chi connectivity index (χ1v) is 6.73. The summed E-state index contributed by atoms with van der Waals surface area (Å²) < 4.78 is 0. The molecular formula is C14H22ClN3O2. The molecule has 1 aliphatic heterocycles. The topological polar surface area (TPSA) is 75.4 Å². The monoisotopic (exact) mass is 299 g/mol. The fourth-order valence-corrected chi connectivity index (χ4v) is 2.51. The van der Waals surface area contributed by atoms with Gasteiger partial charge in [-0.15, -0.1) is 12.4 Å². The van der Waals surface area contributed by atoms with Gasteiger partial charge in [0.05, 0.1) is 6.04 Å². The van der Waals surface area contributed by atoms with Crippen molar-refractivity contribution in [2.75, 3.05) is 13.6 Å². The lowest BCUT2D eigenvalue weighted by molar-refractivity contribution is -0.128. The molecule has 3 N–H and O–H groups in total. The van der Waals surface area contributed by atoms with Crippen molar-refractivity contribution in [1.29, 1.82) is 0 Å². The van der Waals surface area contributed by atoms with Crippen LogP contribution in [0.5, 0.6) is 0 Å². The number of nitrogens with one attached hydrogen (secondary N) is 1. The van der Waals surface area contributed by atoms with Crippen molar-refractivity contribution < 1.29 is 9.59 Å². The van der Waals surface area contributed by atoms with Crippen LogP contribution in [0.25, 0.3) is 0 Å². The number of likely N-dealkylation sites (N-methyl/N-ethyl adjacent to an activating group) is 1. The highest BCUT2D eigenvalue weighted by molar-refractivity contribution is 5.99. The normalized spacial score (nSPS) is 23.6. The number of fused-ring (bicyclic) bond motifs is 1. The van der Waals surface area contributed by atoms with Crippen molar-refractivity contribution in [3.05, 3.63) is 23.4 Å². The minimum atomic E-state index is -0.625. The molecule has 1 aliphatic carbocycles. The summed E-state index contributed by atoms with van der Waals surface area (Å²) in [6.07, 6.45) is 7.04. The summed E-state index contributed by atoms with van der Waals surface area (Å²) in [6.45, 7) is 2.33. The second-order valence-corrected chi connectivity index (χ2v) is 5.30. The summed E-state index contributed by atoms with van der Waals surface area (Å²) in [5.41, 5.74) is 6.92. The zero-order valence-electron chi connectivity index (χ0n) is 11.9. The van der Waals surface area contributed by atoms with E-state index >= 15 is 0 Å². The van der Waals surface area contributed by atoms with Gasteiger partial charge in [0, 0.05) is 13.6 Å². The quantitative estimate of drug-likeness (QED) is 0.797. The van der Waals surface area contributed by atoms with Gasteiger partial charge in [-0.3, -0.25) is 9.59 Å². The van der Waals surface area contributed by atoms with E-state index in [0.717, 1.165) is 31.4 Å². The van der Waals surface area contributed by atoms with Crippen LogP contribution >= 0.6 is 12.4 Å². The molecule has 112 valence electrons. The molecule has 1 heterocycles. The molecule has 0 spiro atoms. The Labute approximate surface area is 125 Å². The summed E-state index contributed by atoms with van der Waals surface area (Å²) in [7, 11) is 1.77. The predicted octanol–water partition coefficient (Wildman–Crippen LogP) is 0.954. The van der Waals surface area contributed by atoms with Gasteiger partial charge in [0.25, 0.3) is 5.91 Å². The molecule has 0 aromatic carbocycles. The van der Waals surface area contributed by atoms with Gasteiger partial charge >= 0.3 is 0 Å². The largest absolute Gasteiger partial charge is 0.340 e. The second kappa shape index (κ2) is 6.90. The number of nitrogens with zero attached hydrogens (tertiary/aromatic N) is 1. The van der Waals surface area contributed by atoms with Crippen molar-refractivity contribution in [3.63, 3.8) is 0 Å². The van der Waals surface area contributed by atoms with Gasteiger partial charge in [-0.25, -0.2) is 0 Å². The molecule has 20 heavy (non-hydrogen) atoms. The van der Waals surface area contributed by atoms with Crippen LogP contribution in [-0.2, 0) is 9.59 Å². The van der Waals surface area contributed by atoms with Crippen molar-refractivity contribution in [2.24, 2.45) is 11.7 Å². The Balaban J connectivity index is 0.00000200. The smallest absolute Gasteiger partial charge is 0.270 e. The van der Waals surface area contributed by atoms with Crippen LogP contribution in [0.4, 0.5) is 0 Å². The molecule has 2 rings (SSSR count). The Kier molecular flexibility index (Phi) is 5.77. The highest BCUT2D eigenvalue weighted by atomic mass is 35.5. The second-order valence-electron chi connectivity index (χ2n) is 5.30. The average molecular weight is 300 g/mol. The minimum Gasteiger partial charge on any atom is -0.340 e. The molecule has 0 aromatic heterocycles. The SMILES string of the molecule is C[C@H](N)C(=O)NC1=C2C=CCC[C@H]2CCN(C)C1=O.Cl. The highest BCUT2D eigenvalue weighted by Gasteiger charge is 2.30. The minimum absolute atomic E-state index is 0. The van der Waals surface area contributed by atoms with E-state index in [9.17, 15) is 9.59 Å². The van der Waals surface area contributed by atoms with E-state index in [1.807, 2.05) is 6.08 Å². The Morgan fingerprint density at radius 1 is 1.50 bits per heavy atom. The van der Waals surface area contributed by atoms with Gasteiger partial charge < -0.3 is 16.0 Å². The van der Waals surface area contributed by atoms with Crippen LogP contribution in [0.3, 0.4) is 0 Å². The summed E-state index contributed by atoms with van der Waals surface area (Å²) >= 11 is 0. The van der Waals surface area contributed by atoms with E-state index in [2.05, 4.69) is 11.4 Å². The van der Waals surface area contributed by atoms with E-state index in [4.69, 9.17) is 5.73 Å². The molecule has 2 aliphatic rings. The van der Waals surface area contributed by atoms with Crippen molar-refractivity contribution in [2.45, 2.75) is 32.2 Å². The first-order chi connectivity index (χ1) is 9.00. The van der Waals surface area contributed by atoms with Crippen molar-refractivity contribution in [3.8, 4) is 0 Å². The third-order valence-electron chi connectivity index (χ3n) is 3.74. The lowest BCUT2D eigenvalue weighted by Gasteiger charge is -2.21. The van der Waals surface area contributed by atoms with E-state index in [1.54, 1.807) is 18.9 Å². The predicted molar refractivity (Wildman–Crippen MR) is 80.2 cm³/mol. The summed E-state index contributed by atoms with van der Waals surface area (Å²) in [4.78, 5) is 25.8. The molecule has 0 saturated carbocycles. The standard InChI is InChI=1S/C14H21N3O2.ClH/c1-9(15)13(18)16-12-11-6-4-3-5-10(11)7-8-17(2)14(12)19;/h4,6,9-10H,3,5,7-8,15H2,1-2H3,(H,16,18);1H/t9-,10-;/m0./s1. The number of nitrogens with two attached hydrogens (primary N) is 1. The lowest BCUT2D eigenvalue weighted by Crippen LogP contribution is -2.42. The maximum atomic E-state index is 12.3. The number of hydrogen-bond acceptors (Lipinski definition) is 3. The van der Waals surface area contributed by atoms with Crippen LogP contribution < -0.4 is 11.1 Å². The number of rotatable bonds is 2. The van der Waals surface area contributed by atoms with Gasteiger partial charge in [0.15, 0.2) is 0 Å². The Morgan fingerprint density at radius 3 is 2.85 bits per heavy atom. The van der Waals surface area contributed by atoms with Crippen LogP contribution in [0.2, 0.25) is 0 Å². The van der Waals surface area contributed by atoms with Gasteiger partial charge in [0.1, 0.15) is 5.70 Å². The van der Waals surface area contributed by atoms with E-state index in [1.165, 1.54) is 0 Å². The number of halogens is 1. The average Bonchev–Trinajstić information content (AvgIpc) is 2.51. The van der Waals surface area contributed by atoms with Gasteiger partial charge in [0.2, 0.25) is 5.91 Å². The molecule has 0 saturated heterocycles. The van der Waals surface area contributed by atoms with E-state index in [-0.39, 0.29) is 24.2 Å². The summed E-state index contributed by atoms with van der Waals surface area (Å²) in [5.74, 6) is -0.0933. The number of carbonyl (C=O) groups is 2. The number of amides is 2. The highest BCUT2D eigenvalue weighted by Crippen LogP contribution is 2.31. The molecule has 0 aromatic rings. The molecule has 5 nitrogen and oxygen atoms in total. The van der Waals surface area contributed by atoms with Crippen LogP contribution in [0.15, 0.2) is 23.4 Å². The van der Waals surface area contributed by atoms with Crippen molar-refractivity contribution >= 4 is 24.2 Å². The summed E-state index contributed by atoms with van der Waals surface area (Å²) in [6, 6.07) is -0.625. The maximum absolute atomic E-state index is 12.3. The molecular weight excluding hydrogens is 278 g/mol. The number of allylic oxidation sites excluding steroid dienone is 3. The molecule has 0 fully saturated rings. The zero-order valence-corrected chi connectivity index (χ0v) is 12.7. The van der Waals surface area contributed by atoms with E-state index < -0.39 is 6.04 Å². The van der Waals surface area contributed by atoms with Gasteiger partial charge in [-0.2, -0.15) is 0 Å². The molecule has 2 atom stereocenters. The van der Waals surface area contributed by atoms with Gasteiger partial charge in [-0.05, 0) is 37.7 Å². The molecule has 0 radical (unpaired) electrons. The fraction of sp³-hybridized carbons (Fsp3) is 0.571. The Morgan fingerprint density at radius 2 is 2.20 bits per heavy atom. The number of carbonyl (C=O) groups excluding carboxylic acids is 2. The Hall–Kier alpha value is -1.33. The first-order valence-electron chi connectivity index (χ1n) is 6.73. The third kappa shape index (κ3) is 3.41. The first kappa shape index (κ1) is 16.7.